The van der Waals surface area contributed by atoms with Crippen molar-refractivity contribution in [3.05, 3.63) is 102 Å². The number of nitrogens with two attached hydrogens (primary N) is 4. The monoisotopic (exact) mass is 1960 g/mol. The number of carbonyl (C=O) groups excluding carboxylic acids is 18. The van der Waals surface area contributed by atoms with Crippen molar-refractivity contribution in [1.29, 1.82) is 0 Å². The molecule has 22 N–H and O–H groups in total. The minimum atomic E-state index is -4.07. The number of hydrogen-bond acceptors (Lipinski definition) is 25. The molecule has 46 heteroatoms. The quantitative estimate of drug-likeness (QED) is 0.0246. The number of benzene rings is 3. The number of para-hydroxylation sites is 2. The van der Waals surface area contributed by atoms with Crippen molar-refractivity contribution in [1.82, 2.24) is 91.9 Å². The lowest BCUT2D eigenvalue weighted by atomic mass is 9.99. The standard InChI is InChI=1S/C92H134N22O22S2/c1-12-14-24-71-85(127)101-62(35-50(3)4)82(124)107-69(80(122)98-44-76(96)118)48-137-49-78(120)99-65(37-53-28-30-56(115)31-29-53)88(130)109(8)52(7)79(121)103-67(41-75(95)117)90(132)113-34-20-27-72(113)86(128)106-68(42-94)84(126)104-64(36-51(5)6)91(133)114-46-57(116)40-74(114)87(129)102-63(38-54-43-97-60-23-18-16-21-58(54)60)83(125)100-61(32-33-93)81(123)105-66(89(131)111(10)73(25-15-13-2)92(134)110(71)9)39-55-45-112(47-77(119)108-138(11,135)136)70-26-19-17-22-59(55)70/h16-19,21-23,26,28-31,43,45,50-52,57,61-69,71-74,97,115-116H,12-15,20,24-25,27,32-42,44,46-49,93-94H2,1-11H3,(H2,95,117)(H2,96,118)(H,98,122)(H,99,120)(H,100,125)(H,101,127)(H,102,129)(H,103,121)(H,104,126)(H,105,123)(H,106,128)(H,107,124)(H,108,119)/t52-,57+,61-,62-,63-,64-,65-,66-,67-,68-,69-,71-,72-,73-,74-/m0/s1. The molecule has 3 saturated heterocycles. The van der Waals surface area contributed by atoms with E-state index in [-0.39, 0.29) is 88.5 Å². The Morgan fingerprint density at radius 3 is 1.74 bits per heavy atom. The van der Waals surface area contributed by atoms with Crippen LogP contribution in [0.5, 0.6) is 5.75 Å². The highest BCUT2D eigenvalue weighted by Crippen LogP contribution is 2.29. The van der Waals surface area contributed by atoms with Crippen LogP contribution in [-0.4, -0.2) is 321 Å². The Morgan fingerprint density at radius 2 is 1.10 bits per heavy atom. The molecule has 3 aliphatic rings. The third kappa shape index (κ3) is 31.1. The fraction of sp³-hybridized carbons (Fsp3) is 0.565. The summed E-state index contributed by atoms with van der Waals surface area (Å²) in [6, 6.07) is -2.65. The van der Waals surface area contributed by atoms with Crippen LogP contribution in [0.1, 0.15) is 149 Å². The Labute approximate surface area is 805 Å². The largest absolute Gasteiger partial charge is 0.508 e. The molecule has 0 saturated carbocycles. The summed E-state index contributed by atoms with van der Waals surface area (Å²) >= 11 is 0.776. The van der Waals surface area contributed by atoms with Crippen LogP contribution in [-0.2, 0) is 122 Å². The summed E-state index contributed by atoms with van der Waals surface area (Å²) in [4.78, 5) is 272. The molecule has 138 heavy (non-hydrogen) atoms. The minimum Gasteiger partial charge on any atom is -0.508 e. The molecule has 0 bridgehead atoms. The number of aromatic hydroxyl groups is 1. The summed E-state index contributed by atoms with van der Waals surface area (Å²) in [5.41, 5.74) is 25.8. The highest BCUT2D eigenvalue weighted by atomic mass is 32.2. The van der Waals surface area contributed by atoms with E-state index in [4.69, 9.17) is 22.9 Å². The molecular weight excluding hydrogens is 1830 g/mol. The number of carbonyl (C=O) groups is 18. The molecule has 3 fully saturated rings. The summed E-state index contributed by atoms with van der Waals surface area (Å²) in [7, 11) is -0.201. The normalized spacial score (nSPS) is 24.7. The molecule has 18 amide bonds. The van der Waals surface area contributed by atoms with E-state index in [2.05, 4.69) is 58.2 Å². The Hall–Kier alpha value is -12.8. The molecule has 0 unspecified atom stereocenters. The molecule has 0 radical (unpaired) electrons. The molecule has 756 valence electrons. The average molecular weight is 1960 g/mol. The van der Waals surface area contributed by atoms with E-state index >= 15 is 33.6 Å². The lowest BCUT2D eigenvalue weighted by Crippen LogP contribution is -2.62. The number of phenolic OH excluding ortho intramolecular Hbond substituents is 1. The molecule has 2 aromatic heterocycles. The minimum absolute atomic E-state index is 0.0195. The molecule has 44 nitrogen and oxygen atoms in total. The van der Waals surface area contributed by atoms with Gasteiger partial charge in [0.1, 0.15) is 96.9 Å². The number of primary amides is 2. The Kier molecular flexibility index (Phi) is 41.3. The van der Waals surface area contributed by atoms with Crippen molar-refractivity contribution in [2.45, 2.75) is 248 Å². The van der Waals surface area contributed by atoms with Crippen molar-refractivity contribution in [3.63, 3.8) is 0 Å². The fourth-order valence-corrected chi connectivity index (χ4v) is 18.4. The second kappa shape index (κ2) is 51.6. The number of phenols is 1. The van der Waals surface area contributed by atoms with Gasteiger partial charge in [0, 0.05) is 106 Å². The van der Waals surface area contributed by atoms with E-state index < -0.39 is 264 Å². The van der Waals surface area contributed by atoms with Gasteiger partial charge in [-0.05, 0) is 111 Å². The number of H-pyrrole nitrogens is 1. The van der Waals surface area contributed by atoms with Gasteiger partial charge in [-0.15, -0.1) is 11.8 Å². The second-order valence-corrected chi connectivity index (χ2v) is 39.0. The van der Waals surface area contributed by atoms with Crippen molar-refractivity contribution in [2.24, 2.45) is 34.8 Å². The van der Waals surface area contributed by atoms with Gasteiger partial charge in [0.25, 0.3) is 5.91 Å². The Morgan fingerprint density at radius 1 is 0.558 bits per heavy atom. The van der Waals surface area contributed by atoms with Crippen LogP contribution < -0.4 is 80.8 Å². The maximum Gasteiger partial charge on any atom is 0.253 e. The number of aliphatic hydroxyl groups is 1. The number of hydrogen-bond donors (Lipinski definition) is 18. The number of sulfonamides is 1. The number of aromatic nitrogens is 2. The van der Waals surface area contributed by atoms with Crippen molar-refractivity contribution >= 4 is 150 Å². The van der Waals surface area contributed by atoms with Gasteiger partial charge in [0.05, 0.1) is 31.1 Å². The third-order valence-electron chi connectivity index (χ3n) is 24.4. The smallest absolute Gasteiger partial charge is 0.253 e. The summed E-state index contributed by atoms with van der Waals surface area (Å²) < 4.78 is 28.1. The zero-order valence-electron chi connectivity index (χ0n) is 79.7. The maximum atomic E-state index is 16.1. The van der Waals surface area contributed by atoms with Gasteiger partial charge in [0.15, 0.2) is 0 Å². The molecule has 0 aliphatic carbocycles. The summed E-state index contributed by atoms with van der Waals surface area (Å²) in [6.45, 7) is 9.09. The third-order valence-corrected chi connectivity index (χ3v) is 26.0. The first-order valence-electron chi connectivity index (χ1n) is 46.3. The van der Waals surface area contributed by atoms with Gasteiger partial charge in [-0.25, -0.2) is 8.42 Å². The predicted molar refractivity (Wildman–Crippen MR) is 510 cm³/mol. The first-order valence-corrected chi connectivity index (χ1v) is 49.4. The number of nitrogens with zero attached hydrogens (tertiary/aromatic N) is 6. The van der Waals surface area contributed by atoms with E-state index in [0.717, 1.165) is 42.5 Å². The molecular formula is C92H134N22O22S2. The number of thioether (sulfide) groups is 1. The Balaban J connectivity index is 1.22. The number of fused-ring (bicyclic) bond motifs is 4. The summed E-state index contributed by atoms with van der Waals surface area (Å²) in [5, 5.41) is 49.2. The van der Waals surface area contributed by atoms with Crippen molar-refractivity contribution in [2.75, 3.05) is 71.6 Å². The number of rotatable bonds is 27. The topological polar surface area (TPSA) is 655 Å². The molecule has 3 aliphatic heterocycles. The van der Waals surface area contributed by atoms with E-state index in [0.29, 0.717) is 64.2 Å². The number of aromatic amines is 1. The van der Waals surface area contributed by atoms with Gasteiger partial charge in [0.2, 0.25) is 110 Å². The number of nitrogens with one attached hydrogen (secondary N) is 12. The van der Waals surface area contributed by atoms with E-state index in [9.17, 15) is 71.4 Å². The molecule has 8 rings (SSSR count). The second-order valence-electron chi connectivity index (χ2n) is 36.2. The first-order chi connectivity index (χ1) is 65.3. The fourth-order valence-electron chi connectivity index (χ4n) is 17.1. The van der Waals surface area contributed by atoms with E-state index in [1.165, 1.54) is 63.1 Å². The number of aliphatic hydroxyl groups excluding tert-OH is 1. The zero-order chi connectivity index (χ0) is 102. The van der Waals surface area contributed by atoms with Crippen LogP contribution in [0.3, 0.4) is 0 Å². The van der Waals surface area contributed by atoms with Gasteiger partial charge >= 0.3 is 0 Å². The van der Waals surface area contributed by atoms with Gasteiger partial charge in [-0.3, -0.25) is 91.0 Å². The van der Waals surface area contributed by atoms with Crippen molar-refractivity contribution < 1.29 is 105 Å². The molecule has 3 aromatic carbocycles. The van der Waals surface area contributed by atoms with Crippen LogP contribution in [0.4, 0.5) is 0 Å². The lowest BCUT2D eigenvalue weighted by Gasteiger charge is -2.36. The van der Waals surface area contributed by atoms with Crippen LogP contribution in [0.2, 0.25) is 0 Å². The van der Waals surface area contributed by atoms with Gasteiger partial charge in [-0.2, -0.15) is 0 Å². The first kappa shape index (κ1) is 110. The molecule has 5 heterocycles. The van der Waals surface area contributed by atoms with Gasteiger partial charge in [-0.1, -0.05) is 116 Å². The Bertz CT molecular complexity index is 5340. The number of unbranched alkanes of at least 4 members (excludes halogenated alkanes) is 2. The van der Waals surface area contributed by atoms with Crippen LogP contribution in [0, 0.1) is 11.8 Å². The molecule has 5 aromatic rings. The summed E-state index contributed by atoms with van der Waals surface area (Å²) in [5.74, 6) is -18.8. The van der Waals surface area contributed by atoms with Crippen LogP contribution in [0.15, 0.2) is 85.2 Å². The highest BCUT2D eigenvalue weighted by molar-refractivity contribution is 8.00. The van der Waals surface area contributed by atoms with Gasteiger partial charge < -0.3 is 120 Å². The average Bonchev–Trinajstić information content (AvgIpc) is 1.64. The van der Waals surface area contributed by atoms with Crippen molar-refractivity contribution in [3.8, 4) is 5.75 Å². The van der Waals surface area contributed by atoms with E-state index in [1.54, 1.807) is 82.4 Å². The number of amides is 18. The van der Waals surface area contributed by atoms with Crippen LogP contribution in [0.25, 0.3) is 21.8 Å². The summed E-state index contributed by atoms with van der Waals surface area (Å²) in [6.07, 6.45) is 1.36. The predicted octanol–water partition coefficient (Wildman–Crippen LogP) is -3.25. The molecule has 15 atom stereocenters. The maximum absolute atomic E-state index is 16.1. The molecule has 0 spiro atoms. The number of likely N-dealkylation sites (N-methyl/N-ethyl adjacent to an activating group) is 3. The SMILES string of the molecule is CCCC[C@H]1C(=O)N(C)[C@@H](CCCC)C(=O)N[C@@H](CC(C)C)C(=O)N[C@H](C(=O)NCC(N)=O)CSCC(=O)N[C@@H](Cc2ccc(O)cc2)C(=O)N(C)[C@@H](C)C(=O)N[C@@H](CC(N)=O)C(=O)N2CCC[C@H]2C(=O)N[C@@H](CN)C(=O)N[C@@H](CC(C)C)C(=O)N2C[C@H](O)C[C@H]2C(=O)N[C@@H](Cc2c[nH]c3ccccc23)C(=O)N[C@@H](CCN)C(=O)N[C@@H](Cc2cn(CC(=O)NS(C)(=O)=O)c3ccccc23)C(=O)N1C. The van der Waals surface area contributed by atoms with E-state index in [1.807, 2.05) is 18.6 Å². The highest BCUT2D eigenvalue weighted by Gasteiger charge is 2.47. The zero-order valence-corrected chi connectivity index (χ0v) is 81.4. The lowest BCUT2D eigenvalue weighted by molar-refractivity contribution is -0.149. The van der Waals surface area contributed by atoms with Crippen LogP contribution >= 0.6 is 11.8 Å².